The van der Waals surface area contributed by atoms with E-state index in [9.17, 15) is 0 Å². The molecule has 0 amide bonds. The van der Waals surface area contributed by atoms with Gasteiger partial charge in [0.2, 0.25) is 0 Å². The molecule has 0 aromatic heterocycles. The number of benzene rings is 1. The van der Waals surface area contributed by atoms with Gasteiger partial charge in [0.05, 0.1) is 0 Å². The molecule has 83 valence electrons. The maximum Gasteiger partial charge on any atom is -0.0114 e. The van der Waals surface area contributed by atoms with Crippen molar-refractivity contribution in [2.75, 3.05) is 0 Å². The summed E-state index contributed by atoms with van der Waals surface area (Å²) in [6.07, 6.45) is 8.96. The van der Waals surface area contributed by atoms with E-state index in [4.69, 9.17) is 0 Å². The molecule has 0 aliphatic rings. The smallest absolute Gasteiger partial charge is 0.0114 e. The van der Waals surface area contributed by atoms with E-state index in [2.05, 4.69) is 38.1 Å². The maximum atomic E-state index is 3.52. The normalized spacial score (nSPS) is 10.5. The molecule has 15 heavy (non-hydrogen) atoms. The summed E-state index contributed by atoms with van der Waals surface area (Å²) in [4.78, 5) is 0. The molecule has 0 saturated carbocycles. The summed E-state index contributed by atoms with van der Waals surface area (Å²) in [7, 11) is 0. The van der Waals surface area contributed by atoms with Gasteiger partial charge in [0.25, 0.3) is 0 Å². The molecule has 0 fully saturated rings. The first-order valence-electron chi connectivity index (χ1n) is 6.37. The Morgan fingerprint density at radius 3 is 2.27 bits per heavy atom. The minimum absolute atomic E-state index is 1.17. The Balaban J connectivity index is 2.36. The van der Waals surface area contributed by atoms with Crippen molar-refractivity contribution in [2.24, 2.45) is 0 Å². The van der Waals surface area contributed by atoms with Gasteiger partial charge in [-0.2, -0.15) is 0 Å². The highest BCUT2D eigenvalue weighted by molar-refractivity contribution is 5.21. The van der Waals surface area contributed by atoms with Gasteiger partial charge < -0.3 is 0 Å². The third-order valence-electron chi connectivity index (χ3n) is 2.73. The van der Waals surface area contributed by atoms with Gasteiger partial charge in [0.1, 0.15) is 0 Å². The zero-order chi connectivity index (χ0) is 10.9. The van der Waals surface area contributed by atoms with E-state index in [1.165, 1.54) is 56.1 Å². The van der Waals surface area contributed by atoms with Crippen molar-refractivity contribution in [2.45, 2.75) is 58.8 Å². The fraction of sp³-hybridized carbons (Fsp3) is 0.600. The molecule has 1 aromatic carbocycles. The second-order valence-corrected chi connectivity index (χ2v) is 4.26. The lowest BCUT2D eigenvalue weighted by atomic mass is 10.0. The number of hydrogen-bond donors (Lipinski definition) is 0. The molecule has 1 aromatic rings. The minimum atomic E-state index is 1.17. The molecular weight excluding hydrogens is 180 g/mol. The van der Waals surface area contributed by atoms with Crippen molar-refractivity contribution in [3.63, 3.8) is 0 Å². The second kappa shape index (κ2) is 7.50. The topological polar surface area (TPSA) is 0 Å². The van der Waals surface area contributed by atoms with Crippen LogP contribution >= 0.6 is 0 Å². The van der Waals surface area contributed by atoms with Crippen LogP contribution in [-0.4, -0.2) is 0 Å². The van der Waals surface area contributed by atoms with E-state index in [-0.39, 0.29) is 0 Å². The van der Waals surface area contributed by atoms with E-state index in [0.29, 0.717) is 0 Å². The zero-order valence-corrected chi connectivity index (χ0v) is 10.2. The van der Waals surface area contributed by atoms with Gasteiger partial charge in [-0.25, -0.2) is 0 Å². The summed E-state index contributed by atoms with van der Waals surface area (Å²) >= 11 is 0. The van der Waals surface area contributed by atoms with Gasteiger partial charge in [-0.15, -0.1) is 0 Å². The van der Waals surface area contributed by atoms with Crippen LogP contribution in [0.2, 0.25) is 0 Å². The van der Waals surface area contributed by atoms with E-state index in [0.717, 1.165) is 0 Å². The quantitative estimate of drug-likeness (QED) is 0.570. The van der Waals surface area contributed by atoms with E-state index in [1.807, 2.05) is 0 Å². The van der Waals surface area contributed by atoms with Crippen LogP contribution in [0.3, 0.4) is 0 Å². The summed E-state index contributed by atoms with van der Waals surface area (Å²) in [6.45, 7) is 4.48. The van der Waals surface area contributed by atoms with E-state index < -0.39 is 0 Å². The molecule has 0 bridgehead atoms. The largest absolute Gasteiger partial charge is 0.0654 e. The third-order valence-corrected chi connectivity index (χ3v) is 2.73. The first-order valence-corrected chi connectivity index (χ1v) is 6.37. The van der Waals surface area contributed by atoms with Crippen LogP contribution in [0.1, 0.15) is 57.1 Å². The first-order chi connectivity index (χ1) is 7.36. The molecule has 1 rings (SSSR count). The molecule has 0 aliphatic heterocycles. The Bertz CT molecular complexity index is 262. The Kier molecular flexibility index (Phi) is 6.15. The summed E-state index contributed by atoms with van der Waals surface area (Å²) < 4.78 is 0. The second-order valence-electron chi connectivity index (χ2n) is 4.26. The monoisotopic (exact) mass is 203 g/mol. The first kappa shape index (κ1) is 12.3. The van der Waals surface area contributed by atoms with Gasteiger partial charge >= 0.3 is 0 Å². The minimum Gasteiger partial charge on any atom is -0.0654 e. The van der Waals surface area contributed by atoms with Crippen LogP contribution < -0.4 is 0 Å². The zero-order valence-electron chi connectivity index (χ0n) is 10.2. The molecule has 0 unspecified atom stereocenters. The number of unbranched alkanes of at least 4 members (excludes halogenated alkanes) is 3. The van der Waals surface area contributed by atoms with Crippen molar-refractivity contribution in [3.05, 3.63) is 35.4 Å². The highest BCUT2D eigenvalue weighted by atomic mass is 14.0. The van der Waals surface area contributed by atoms with Gasteiger partial charge in [0, 0.05) is 0 Å². The average molecular weight is 203 g/mol. The van der Waals surface area contributed by atoms with Crippen LogP contribution in [0.15, 0.2) is 18.2 Å². The van der Waals surface area contributed by atoms with Crippen molar-refractivity contribution < 1.29 is 0 Å². The number of aryl methyl sites for hydroxylation is 2. The van der Waals surface area contributed by atoms with Crippen LogP contribution in [0.4, 0.5) is 0 Å². The fourth-order valence-corrected chi connectivity index (χ4v) is 1.87. The van der Waals surface area contributed by atoms with Gasteiger partial charge in [0.15, 0.2) is 0 Å². The maximum absolute atomic E-state index is 3.52. The van der Waals surface area contributed by atoms with Crippen LogP contribution in [0.25, 0.3) is 0 Å². The van der Waals surface area contributed by atoms with Crippen LogP contribution in [0, 0.1) is 6.07 Å². The summed E-state index contributed by atoms with van der Waals surface area (Å²) in [6, 6.07) is 10.1. The van der Waals surface area contributed by atoms with Gasteiger partial charge in [-0.05, 0) is 36.5 Å². The Morgan fingerprint density at radius 1 is 0.867 bits per heavy atom. The van der Waals surface area contributed by atoms with Crippen molar-refractivity contribution in [1.82, 2.24) is 0 Å². The molecule has 0 heterocycles. The predicted molar refractivity (Wildman–Crippen MR) is 67.1 cm³/mol. The predicted octanol–water partition coefficient (Wildman–Crippen LogP) is 4.56. The standard InChI is InChI=1S/C15H23/c1-3-5-6-7-10-15-12-8-11-14(13-15)9-4-2/h8,11-12H,3-7,9-10H2,1-2H3. The molecule has 1 radical (unpaired) electrons. The molecule has 0 atom stereocenters. The highest BCUT2D eigenvalue weighted by Gasteiger charge is 1.96. The van der Waals surface area contributed by atoms with E-state index >= 15 is 0 Å². The van der Waals surface area contributed by atoms with Crippen molar-refractivity contribution in [1.29, 1.82) is 0 Å². The highest BCUT2D eigenvalue weighted by Crippen LogP contribution is 2.10. The molecule has 0 aliphatic carbocycles. The van der Waals surface area contributed by atoms with Crippen molar-refractivity contribution in [3.8, 4) is 0 Å². The molecule has 0 N–H and O–H groups in total. The molecular formula is C15H23. The van der Waals surface area contributed by atoms with Gasteiger partial charge in [-0.1, -0.05) is 57.7 Å². The molecule has 0 saturated heterocycles. The molecule has 0 spiro atoms. The van der Waals surface area contributed by atoms with E-state index in [1.54, 1.807) is 0 Å². The Labute approximate surface area is 94.7 Å². The van der Waals surface area contributed by atoms with Crippen molar-refractivity contribution >= 4 is 0 Å². The summed E-state index contributed by atoms with van der Waals surface area (Å²) in [5.41, 5.74) is 2.78. The van der Waals surface area contributed by atoms with Crippen LogP contribution in [-0.2, 0) is 12.8 Å². The SMILES string of the molecule is CCCCCCc1[c]c(CCC)ccc1. The van der Waals surface area contributed by atoms with Gasteiger partial charge in [-0.3, -0.25) is 0 Å². The lowest BCUT2D eigenvalue weighted by Crippen LogP contribution is -1.90. The lowest BCUT2D eigenvalue weighted by molar-refractivity contribution is 0.666. The molecule has 0 nitrogen and oxygen atoms in total. The van der Waals surface area contributed by atoms with Crippen LogP contribution in [0.5, 0.6) is 0 Å². The Hall–Kier alpha value is -0.780. The average Bonchev–Trinajstić information content (AvgIpc) is 2.26. The Morgan fingerprint density at radius 2 is 1.60 bits per heavy atom. The fourth-order valence-electron chi connectivity index (χ4n) is 1.87. The number of rotatable bonds is 7. The lowest BCUT2D eigenvalue weighted by Gasteiger charge is -2.03. The summed E-state index contributed by atoms with van der Waals surface area (Å²) in [5.74, 6) is 0. The molecule has 0 heteroatoms. The summed E-state index contributed by atoms with van der Waals surface area (Å²) in [5, 5.41) is 0. The number of hydrogen-bond acceptors (Lipinski definition) is 0. The third kappa shape index (κ3) is 5.01.